The van der Waals surface area contributed by atoms with Gasteiger partial charge in [-0.25, -0.2) is 0 Å². The summed E-state index contributed by atoms with van der Waals surface area (Å²) < 4.78 is 11.3. The number of hydrogen-bond donors (Lipinski definition) is 1. The van der Waals surface area contributed by atoms with Crippen LogP contribution >= 0.6 is 0 Å². The van der Waals surface area contributed by atoms with Gasteiger partial charge in [0.2, 0.25) is 0 Å². The van der Waals surface area contributed by atoms with Crippen molar-refractivity contribution in [2.45, 2.75) is 25.9 Å². The molecule has 3 rings (SSSR count). The largest absolute Gasteiger partial charge is 0.491 e. The second-order valence-corrected chi connectivity index (χ2v) is 6.61. The Bertz CT molecular complexity index is 611. The lowest BCUT2D eigenvalue weighted by Crippen LogP contribution is -2.30. The number of likely N-dealkylation sites (tertiary alicyclic amines) is 1. The molecule has 1 N–H and O–H groups in total. The molecule has 2 aliphatic rings. The van der Waals surface area contributed by atoms with Crippen molar-refractivity contribution < 1.29 is 24.2 Å². The molecule has 130 valence electrons. The van der Waals surface area contributed by atoms with Gasteiger partial charge in [0.1, 0.15) is 12.4 Å². The number of aliphatic carboxylic acids is 1. The number of amides is 1. The van der Waals surface area contributed by atoms with Gasteiger partial charge in [-0.15, -0.1) is 0 Å². The molecule has 2 saturated heterocycles. The molecule has 0 bridgehead atoms. The molecule has 1 amide bonds. The van der Waals surface area contributed by atoms with Crippen LogP contribution < -0.4 is 4.74 Å². The van der Waals surface area contributed by atoms with Gasteiger partial charge >= 0.3 is 5.97 Å². The lowest BCUT2D eigenvalue weighted by molar-refractivity contribution is -0.142. The lowest BCUT2D eigenvalue weighted by Gasteiger charge is -2.17. The maximum absolute atomic E-state index is 12.6. The van der Waals surface area contributed by atoms with Crippen LogP contribution in [-0.2, 0) is 9.53 Å². The number of nitrogens with zero attached hydrogens (tertiary/aromatic N) is 1. The third-order valence-electron chi connectivity index (χ3n) is 4.76. The third-order valence-corrected chi connectivity index (χ3v) is 4.76. The fraction of sp³-hybridized carbons (Fsp3) is 0.556. The first kappa shape index (κ1) is 16.8. The summed E-state index contributed by atoms with van der Waals surface area (Å²) in [7, 11) is 0. The first-order valence-corrected chi connectivity index (χ1v) is 8.41. The Morgan fingerprint density at radius 2 is 2.21 bits per heavy atom. The molecule has 2 heterocycles. The van der Waals surface area contributed by atoms with Gasteiger partial charge in [-0.1, -0.05) is 13.0 Å². The lowest BCUT2D eigenvalue weighted by atomic mass is 9.99. The predicted molar refractivity (Wildman–Crippen MR) is 87.1 cm³/mol. The Hall–Kier alpha value is -2.08. The van der Waals surface area contributed by atoms with E-state index < -0.39 is 11.9 Å². The summed E-state index contributed by atoms with van der Waals surface area (Å²) in [6, 6.07) is 7.06. The van der Waals surface area contributed by atoms with Crippen LogP contribution in [0.25, 0.3) is 0 Å². The Morgan fingerprint density at radius 1 is 1.38 bits per heavy atom. The van der Waals surface area contributed by atoms with Crippen molar-refractivity contribution in [3.63, 3.8) is 0 Å². The van der Waals surface area contributed by atoms with E-state index in [1.807, 2.05) is 13.0 Å². The van der Waals surface area contributed by atoms with Crippen LogP contribution in [0.15, 0.2) is 24.3 Å². The van der Waals surface area contributed by atoms with Gasteiger partial charge in [-0.3, -0.25) is 9.59 Å². The second kappa shape index (κ2) is 7.21. The fourth-order valence-corrected chi connectivity index (χ4v) is 3.32. The van der Waals surface area contributed by atoms with Crippen molar-refractivity contribution in [3.8, 4) is 5.75 Å². The normalized spacial score (nSPS) is 26.5. The Labute approximate surface area is 141 Å². The van der Waals surface area contributed by atoms with Gasteiger partial charge in [0.25, 0.3) is 5.91 Å². The molecule has 6 heteroatoms. The van der Waals surface area contributed by atoms with Crippen LogP contribution in [0, 0.1) is 11.8 Å². The monoisotopic (exact) mass is 333 g/mol. The second-order valence-electron chi connectivity index (χ2n) is 6.61. The first-order chi connectivity index (χ1) is 11.5. The van der Waals surface area contributed by atoms with E-state index in [-0.39, 0.29) is 24.5 Å². The molecular weight excluding hydrogens is 310 g/mol. The Morgan fingerprint density at radius 3 is 2.88 bits per heavy atom. The summed E-state index contributed by atoms with van der Waals surface area (Å²) in [5, 5.41) is 9.20. The zero-order valence-electron chi connectivity index (χ0n) is 13.8. The highest BCUT2D eigenvalue weighted by atomic mass is 16.5. The zero-order chi connectivity index (χ0) is 17.1. The molecule has 0 spiro atoms. The highest BCUT2D eigenvalue weighted by Crippen LogP contribution is 2.25. The van der Waals surface area contributed by atoms with Crippen LogP contribution in [0.4, 0.5) is 0 Å². The molecule has 1 unspecified atom stereocenters. The van der Waals surface area contributed by atoms with E-state index in [0.29, 0.717) is 24.5 Å². The quantitative estimate of drug-likeness (QED) is 0.892. The van der Waals surface area contributed by atoms with Crippen molar-refractivity contribution in [2.75, 3.05) is 26.3 Å². The highest BCUT2D eigenvalue weighted by molar-refractivity contribution is 5.95. The van der Waals surface area contributed by atoms with Crippen molar-refractivity contribution in [1.29, 1.82) is 0 Å². The summed E-state index contributed by atoms with van der Waals surface area (Å²) in [5.74, 6) is -0.878. The first-order valence-electron chi connectivity index (χ1n) is 8.41. The van der Waals surface area contributed by atoms with Crippen LogP contribution in [-0.4, -0.2) is 54.3 Å². The van der Waals surface area contributed by atoms with Crippen molar-refractivity contribution in [1.82, 2.24) is 4.90 Å². The number of benzene rings is 1. The molecule has 0 radical (unpaired) electrons. The van der Waals surface area contributed by atoms with Crippen LogP contribution in [0.1, 0.15) is 30.1 Å². The molecule has 1 aromatic rings. The van der Waals surface area contributed by atoms with Gasteiger partial charge < -0.3 is 19.5 Å². The highest BCUT2D eigenvalue weighted by Gasteiger charge is 2.37. The number of carboxylic acid groups (broad SMARTS) is 1. The van der Waals surface area contributed by atoms with Crippen LogP contribution in [0.3, 0.4) is 0 Å². The summed E-state index contributed by atoms with van der Waals surface area (Å²) in [5.41, 5.74) is 0.526. The van der Waals surface area contributed by atoms with E-state index in [0.717, 1.165) is 19.4 Å². The molecule has 0 aliphatic carbocycles. The number of carbonyl (C=O) groups excluding carboxylic acids is 1. The van der Waals surface area contributed by atoms with Crippen molar-refractivity contribution in [3.05, 3.63) is 29.8 Å². The van der Waals surface area contributed by atoms with Crippen molar-refractivity contribution >= 4 is 11.9 Å². The predicted octanol–water partition coefficient (Wildman–Crippen LogP) is 2.04. The van der Waals surface area contributed by atoms with Gasteiger partial charge in [0.15, 0.2) is 0 Å². The molecule has 6 nitrogen and oxygen atoms in total. The molecular formula is C18H23NO5. The van der Waals surface area contributed by atoms with Gasteiger partial charge in [0.05, 0.1) is 12.0 Å². The molecule has 0 saturated carbocycles. The Kier molecular flexibility index (Phi) is 5.04. The number of carboxylic acids is 1. The summed E-state index contributed by atoms with van der Waals surface area (Å²) in [6.07, 6.45) is 2.19. The summed E-state index contributed by atoms with van der Waals surface area (Å²) >= 11 is 0. The number of carbonyl (C=O) groups is 2. The molecule has 2 fully saturated rings. The minimum absolute atomic E-state index is 0.0367. The van der Waals surface area contributed by atoms with Crippen LogP contribution in [0.2, 0.25) is 0 Å². The van der Waals surface area contributed by atoms with E-state index in [1.54, 1.807) is 23.1 Å². The maximum Gasteiger partial charge on any atom is 0.308 e. The fourth-order valence-electron chi connectivity index (χ4n) is 3.32. The number of rotatable bonds is 5. The topological polar surface area (TPSA) is 76.1 Å². The van der Waals surface area contributed by atoms with E-state index in [4.69, 9.17) is 9.47 Å². The molecule has 0 aromatic heterocycles. The zero-order valence-corrected chi connectivity index (χ0v) is 13.8. The number of ether oxygens (including phenoxy) is 2. The minimum Gasteiger partial charge on any atom is -0.491 e. The molecule has 1 aromatic carbocycles. The average molecular weight is 333 g/mol. The molecule has 24 heavy (non-hydrogen) atoms. The maximum atomic E-state index is 12.6. The third kappa shape index (κ3) is 3.70. The summed E-state index contributed by atoms with van der Waals surface area (Å²) in [4.78, 5) is 25.5. The van der Waals surface area contributed by atoms with Gasteiger partial charge in [-0.2, -0.15) is 0 Å². The van der Waals surface area contributed by atoms with Crippen LogP contribution in [0.5, 0.6) is 5.75 Å². The minimum atomic E-state index is -0.841. The summed E-state index contributed by atoms with van der Waals surface area (Å²) in [6.45, 7) is 3.87. The van der Waals surface area contributed by atoms with Gasteiger partial charge in [-0.05, 0) is 37.0 Å². The SMILES string of the molecule is C[C@@H]1CN(C(=O)c2cccc(OCC3CCCO3)c2)C[C@H]1C(=O)O. The number of hydrogen-bond acceptors (Lipinski definition) is 4. The van der Waals surface area contributed by atoms with E-state index in [2.05, 4.69) is 0 Å². The van der Waals surface area contributed by atoms with E-state index in [1.165, 1.54) is 0 Å². The average Bonchev–Trinajstić information content (AvgIpc) is 3.22. The molecule has 2 aliphatic heterocycles. The van der Waals surface area contributed by atoms with Gasteiger partial charge in [0, 0.05) is 25.3 Å². The van der Waals surface area contributed by atoms with E-state index >= 15 is 0 Å². The standard InChI is InChI=1S/C18H23NO5/c1-12-9-19(10-16(12)18(21)22)17(20)13-4-2-5-14(8-13)24-11-15-6-3-7-23-15/h2,4-5,8,12,15-16H,3,6-7,9-11H2,1H3,(H,21,22)/t12-,15?,16-/m1/s1. The Balaban J connectivity index is 1.62. The smallest absolute Gasteiger partial charge is 0.308 e. The van der Waals surface area contributed by atoms with Crippen molar-refractivity contribution in [2.24, 2.45) is 11.8 Å². The molecule has 3 atom stereocenters. The van der Waals surface area contributed by atoms with E-state index in [9.17, 15) is 14.7 Å².